The monoisotopic (exact) mass is 373 g/mol. The average molecular weight is 373 g/mol. The first-order valence-electron chi connectivity index (χ1n) is 10.1. The predicted octanol–water partition coefficient (Wildman–Crippen LogP) is 1.83. The topological polar surface area (TPSA) is 84.7 Å². The van der Waals surface area contributed by atoms with Gasteiger partial charge in [-0.3, -0.25) is 14.5 Å². The summed E-state index contributed by atoms with van der Waals surface area (Å²) in [5.41, 5.74) is 6.53. The molecule has 2 fully saturated rings. The Labute approximate surface area is 161 Å². The van der Waals surface area contributed by atoms with Crippen LogP contribution in [0, 0.1) is 5.92 Å². The molecule has 0 aromatic heterocycles. The lowest BCUT2D eigenvalue weighted by Crippen LogP contribution is -2.50. The number of rotatable bonds is 7. The maximum Gasteiger partial charge on any atom is 0.234 e. The first-order valence-corrected chi connectivity index (χ1v) is 10.1. The Morgan fingerprint density at radius 2 is 1.78 bits per heavy atom. The van der Waals surface area contributed by atoms with Crippen LogP contribution in [0.1, 0.15) is 44.1 Å². The molecule has 3 N–H and O–H groups in total. The van der Waals surface area contributed by atoms with E-state index in [0.717, 1.165) is 57.2 Å². The third-order valence-electron chi connectivity index (χ3n) is 5.71. The number of hydrogen-bond acceptors (Lipinski definition) is 4. The molecule has 148 valence electrons. The van der Waals surface area contributed by atoms with Crippen molar-refractivity contribution in [1.82, 2.24) is 10.2 Å². The van der Waals surface area contributed by atoms with E-state index < -0.39 is 0 Å². The van der Waals surface area contributed by atoms with E-state index >= 15 is 0 Å². The molecule has 0 bridgehead atoms. The minimum absolute atomic E-state index is 0.0431. The van der Waals surface area contributed by atoms with E-state index in [4.69, 9.17) is 10.5 Å². The van der Waals surface area contributed by atoms with E-state index in [9.17, 15) is 9.59 Å². The molecule has 1 saturated heterocycles. The molecule has 0 unspecified atom stereocenters. The van der Waals surface area contributed by atoms with Gasteiger partial charge in [-0.1, -0.05) is 43.2 Å². The smallest absolute Gasteiger partial charge is 0.234 e. The molecule has 1 heterocycles. The fourth-order valence-electron chi connectivity index (χ4n) is 4.07. The number of nitrogens with zero attached hydrogens (tertiary/aromatic N) is 1. The largest absolute Gasteiger partial charge is 0.371 e. The van der Waals surface area contributed by atoms with Gasteiger partial charge in [-0.2, -0.15) is 0 Å². The number of likely N-dealkylation sites (tertiary alicyclic amines) is 1. The molecule has 2 aliphatic rings. The van der Waals surface area contributed by atoms with Gasteiger partial charge in [0.1, 0.15) is 0 Å². The van der Waals surface area contributed by atoms with Gasteiger partial charge in [0.15, 0.2) is 0 Å². The number of ether oxygens (including phenoxy) is 1. The van der Waals surface area contributed by atoms with Gasteiger partial charge in [-0.25, -0.2) is 0 Å². The van der Waals surface area contributed by atoms with Crippen LogP contribution in [0.25, 0.3) is 0 Å². The van der Waals surface area contributed by atoms with Crippen LogP contribution in [-0.4, -0.2) is 48.5 Å². The minimum atomic E-state index is -0.222. The number of nitrogens with two attached hydrogens (primary N) is 1. The summed E-state index contributed by atoms with van der Waals surface area (Å²) >= 11 is 0. The van der Waals surface area contributed by atoms with Gasteiger partial charge in [0, 0.05) is 5.92 Å². The van der Waals surface area contributed by atoms with Crippen LogP contribution >= 0.6 is 0 Å². The number of nitrogens with one attached hydrogen (secondary N) is 1. The highest BCUT2D eigenvalue weighted by molar-refractivity contribution is 5.79. The maximum absolute atomic E-state index is 12.5. The number of hydrogen-bond donors (Lipinski definition) is 2. The number of benzene rings is 1. The SMILES string of the molecule is NC(=O)C1CCN(CC(=O)N[C@H]2CCCC[C@@H]2OCc2ccccc2)CC1. The first kappa shape index (κ1) is 19.8. The Balaban J connectivity index is 1.44. The van der Waals surface area contributed by atoms with Gasteiger partial charge < -0.3 is 15.8 Å². The van der Waals surface area contributed by atoms with Crippen LogP contribution in [0.5, 0.6) is 0 Å². The summed E-state index contributed by atoms with van der Waals surface area (Å²) in [6.07, 6.45) is 5.79. The Hall–Kier alpha value is -1.92. The third-order valence-corrected chi connectivity index (χ3v) is 5.71. The van der Waals surface area contributed by atoms with Gasteiger partial charge >= 0.3 is 0 Å². The van der Waals surface area contributed by atoms with Crippen LogP contribution in [-0.2, 0) is 20.9 Å². The summed E-state index contributed by atoms with van der Waals surface area (Å²) in [5.74, 6) is -0.217. The first-order chi connectivity index (χ1) is 13.1. The second kappa shape index (κ2) is 9.85. The Kier molecular flexibility index (Phi) is 7.24. The second-order valence-electron chi connectivity index (χ2n) is 7.75. The molecular weight excluding hydrogens is 342 g/mol. The summed E-state index contributed by atoms with van der Waals surface area (Å²) in [7, 11) is 0. The van der Waals surface area contributed by atoms with Gasteiger partial charge in [0.05, 0.1) is 25.3 Å². The molecule has 6 nitrogen and oxygen atoms in total. The summed E-state index contributed by atoms with van der Waals surface area (Å²) in [6, 6.07) is 10.2. The number of carbonyl (C=O) groups excluding carboxylic acids is 2. The molecule has 1 saturated carbocycles. The molecule has 0 spiro atoms. The van der Waals surface area contributed by atoms with E-state index in [0.29, 0.717) is 13.2 Å². The van der Waals surface area contributed by atoms with Crippen LogP contribution in [0.2, 0.25) is 0 Å². The zero-order valence-corrected chi connectivity index (χ0v) is 15.9. The highest BCUT2D eigenvalue weighted by Gasteiger charge is 2.29. The van der Waals surface area contributed by atoms with Crippen molar-refractivity contribution in [3.05, 3.63) is 35.9 Å². The Morgan fingerprint density at radius 3 is 2.48 bits per heavy atom. The van der Waals surface area contributed by atoms with Crippen molar-refractivity contribution in [2.24, 2.45) is 11.7 Å². The number of primary amides is 1. The zero-order valence-electron chi connectivity index (χ0n) is 15.9. The van der Waals surface area contributed by atoms with E-state index in [-0.39, 0.29) is 29.9 Å². The fourth-order valence-corrected chi connectivity index (χ4v) is 4.07. The summed E-state index contributed by atoms with van der Waals surface area (Å²) in [4.78, 5) is 25.9. The van der Waals surface area contributed by atoms with Crippen molar-refractivity contribution in [3.8, 4) is 0 Å². The quantitative estimate of drug-likeness (QED) is 0.764. The molecule has 1 aliphatic heterocycles. The van der Waals surface area contributed by atoms with E-state index in [1.54, 1.807) is 0 Å². The standard InChI is InChI=1S/C21H31N3O3/c22-21(26)17-10-12-24(13-11-17)14-20(25)23-18-8-4-5-9-19(18)27-15-16-6-2-1-3-7-16/h1-3,6-7,17-19H,4-5,8-15H2,(H2,22,26)(H,23,25)/t18-,19-/m0/s1. The number of amides is 2. The molecule has 2 atom stereocenters. The van der Waals surface area contributed by atoms with E-state index in [1.807, 2.05) is 18.2 Å². The summed E-state index contributed by atoms with van der Waals surface area (Å²) < 4.78 is 6.13. The van der Waals surface area contributed by atoms with Gasteiger partial charge in [-0.05, 0) is 44.3 Å². The van der Waals surface area contributed by atoms with Crippen LogP contribution < -0.4 is 11.1 Å². The molecule has 27 heavy (non-hydrogen) atoms. The lowest BCUT2D eigenvalue weighted by atomic mass is 9.92. The van der Waals surface area contributed by atoms with E-state index in [2.05, 4.69) is 22.3 Å². The van der Waals surface area contributed by atoms with Crippen LogP contribution in [0.4, 0.5) is 0 Å². The molecular formula is C21H31N3O3. The molecule has 0 radical (unpaired) electrons. The van der Waals surface area contributed by atoms with Gasteiger partial charge in [-0.15, -0.1) is 0 Å². The third kappa shape index (κ3) is 6.04. The number of piperidine rings is 1. The van der Waals surface area contributed by atoms with Crippen molar-refractivity contribution < 1.29 is 14.3 Å². The van der Waals surface area contributed by atoms with Gasteiger partial charge in [0.25, 0.3) is 0 Å². The predicted molar refractivity (Wildman–Crippen MR) is 104 cm³/mol. The van der Waals surface area contributed by atoms with E-state index in [1.165, 1.54) is 0 Å². The summed E-state index contributed by atoms with van der Waals surface area (Å²) in [6.45, 7) is 2.46. The fraction of sp³-hybridized carbons (Fsp3) is 0.619. The Morgan fingerprint density at radius 1 is 1.07 bits per heavy atom. The summed E-state index contributed by atoms with van der Waals surface area (Å²) in [5, 5.41) is 3.19. The number of carbonyl (C=O) groups is 2. The average Bonchev–Trinajstić information content (AvgIpc) is 2.68. The van der Waals surface area contributed by atoms with Crippen molar-refractivity contribution >= 4 is 11.8 Å². The molecule has 2 amide bonds. The molecule has 6 heteroatoms. The van der Waals surface area contributed by atoms with Crippen LogP contribution in [0.3, 0.4) is 0 Å². The highest BCUT2D eigenvalue weighted by Crippen LogP contribution is 2.23. The lowest BCUT2D eigenvalue weighted by Gasteiger charge is -2.34. The second-order valence-corrected chi connectivity index (χ2v) is 7.75. The normalized spacial score (nSPS) is 24.4. The lowest BCUT2D eigenvalue weighted by molar-refractivity contribution is -0.126. The highest BCUT2D eigenvalue weighted by atomic mass is 16.5. The van der Waals surface area contributed by atoms with Crippen molar-refractivity contribution in [1.29, 1.82) is 0 Å². The van der Waals surface area contributed by atoms with Gasteiger partial charge in [0.2, 0.25) is 11.8 Å². The Bertz CT molecular complexity index is 614. The maximum atomic E-state index is 12.5. The molecule has 1 aromatic carbocycles. The molecule has 1 aliphatic carbocycles. The zero-order chi connectivity index (χ0) is 19.1. The molecule has 3 rings (SSSR count). The molecule has 1 aromatic rings. The van der Waals surface area contributed by atoms with Crippen molar-refractivity contribution in [2.45, 2.75) is 57.3 Å². The van der Waals surface area contributed by atoms with Crippen molar-refractivity contribution in [3.63, 3.8) is 0 Å². The van der Waals surface area contributed by atoms with Crippen LogP contribution in [0.15, 0.2) is 30.3 Å². The minimum Gasteiger partial charge on any atom is -0.371 e. The van der Waals surface area contributed by atoms with Crippen molar-refractivity contribution in [2.75, 3.05) is 19.6 Å².